The molecule has 1 aliphatic rings. The normalized spacial score (nSPS) is 15.3. The van der Waals surface area contributed by atoms with Gasteiger partial charge in [0.25, 0.3) is 0 Å². The first kappa shape index (κ1) is 8.23. The second kappa shape index (κ2) is 3.56. The van der Waals surface area contributed by atoms with E-state index in [9.17, 15) is 4.39 Å². The lowest BCUT2D eigenvalue weighted by Gasteiger charge is -2.02. The molecule has 0 aliphatic carbocycles. The molecule has 0 aromatic heterocycles. The molecule has 0 spiro atoms. The topological polar surface area (TPSA) is 21.6 Å². The van der Waals surface area contributed by atoms with E-state index >= 15 is 0 Å². The summed E-state index contributed by atoms with van der Waals surface area (Å²) < 4.78 is 18.3. The first-order chi connectivity index (χ1) is 6.36. The van der Waals surface area contributed by atoms with Crippen LogP contribution in [0.1, 0.15) is 5.56 Å². The molecular weight excluding hydrogens is 169 g/mol. The smallest absolute Gasteiger partial charge is 0.188 e. The van der Waals surface area contributed by atoms with E-state index in [2.05, 4.69) is 4.99 Å². The van der Waals surface area contributed by atoms with Gasteiger partial charge >= 0.3 is 0 Å². The predicted molar refractivity (Wildman–Crippen MR) is 48.4 cm³/mol. The van der Waals surface area contributed by atoms with Gasteiger partial charge in [-0.3, -0.25) is 4.99 Å². The highest BCUT2D eigenvalue weighted by atomic mass is 19.1. The number of rotatable bonds is 2. The summed E-state index contributed by atoms with van der Waals surface area (Å²) in [6.45, 7) is 1.33. The molecule has 0 atom stereocenters. The summed E-state index contributed by atoms with van der Waals surface area (Å²) in [5, 5.41) is 0. The van der Waals surface area contributed by atoms with Gasteiger partial charge in [0, 0.05) is 0 Å². The number of aliphatic imine (C=N–C) groups is 1. The van der Waals surface area contributed by atoms with Crippen LogP contribution in [0.25, 0.3) is 0 Å². The van der Waals surface area contributed by atoms with Gasteiger partial charge in [-0.15, -0.1) is 0 Å². The van der Waals surface area contributed by atoms with Gasteiger partial charge in [-0.25, -0.2) is 4.39 Å². The van der Waals surface area contributed by atoms with E-state index in [4.69, 9.17) is 4.74 Å². The second-order valence-electron chi connectivity index (χ2n) is 2.89. The fourth-order valence-corrected chi connectivity index (χ4v) is 1.29. The first-order valence-electron chi connectivity index (χ1n) is 4.26. The van der Waals surface area contributed by atoms with Crippen molar-refractivity contribution in [1.82, 2.24) is 0 Å². The molecule has 0 saturated heterocycles. The molecular formula is C10H10FNO. The molecule has 0 radical (unpaired) electrons. The van der Waals surface area contributed by atoms with E-state index in [1.54, 1.807) is 12.1 Å². The van der Waals surface area contributed by atoms with Crippen LogP contribution in [0.4, 0.5) is 4.39 Å². The zero-order valence-corrected chi connectivity index (χ0v) is 7.16. The van der Waals surface area contributed by atoms with Crippen LogP contribution in [0.2, 0.25) is 0 Å². The van der Waals surface area contributed by atoms with E-state index in [1.165, 1.54) is 6.07 Å². The van der Waals surface area contributed by atoms with Gasteiger partial charge < -0.3 is 4.74 Å². The fourth-order valence-electron chi connectivity index (χ4n) is 1.29. The van der Waals surface area contributed by atoms with Crippen LogP contribution < -0.4 is 0 Å². The lowest BCUT2D eigenvalue weighted by molar-refractivity contribution is 0.340. The van der Waals surface area contributed by atoms with Crippen LogP contribution in [-0.4, -0.2) is 19.0 Å². The van der Waals surface area contributed by atoms with Crippen LogP contribution >= 0.6 is 0 Å². The van der Waals surface area contributed by atoms with Crippen molar-refractivity contribution in [2.75, 3.05) is 13.2 Å². The monoisotopic (exact) mass is 179 g/mol. The van der Waals surface area contributed by atoms with Gasteiger partial charge in [0.05, 0.1) is 13.0 Å². The molecule has 1 aromatic rings. The molecule has 68 valence electrons. The first-order valence-corrected chi connectivity index (χ1v) is 4.26. The van der Waals surface area contributed by atoms with Gasteiger partial charge in [0.2, 0.25) is 0 Å². The zero-order chi connectivity index (χ0) is 9.10. The standard InChI is InChI=1S/C10H10FNO/c11-9-4-2-1-3-8(9)7-10-12-5-6-13-10/h1-4H,5-7H2. The lowest BCUT2D eigenvalue weighted by Crippen LogP contribution is -2.04. The van der Waals surface area contributed by atoms with Crippen LogP contribution in [0.15, 0.2) is 29.3 Å². The summed E-state index contributed by atoms with van der Waals surface area (Å²) in [6, 6.07) is 6.69. The number of hydrogen-bond acceptors (Lipinski definition) is 2. The minimum Gasteiger partial charge on any atom is -0.479 e. The Labute approximate surface area is 76.1 Å². The highest BCUT2D eigenvalue weighted by Crippen LogP contribution is 2.09. The van der Waals surface area contributed by atoms with Crippen LogP contribution in [-0.2, 0) is 11.2 Å². The SMILES string of the molecule is Fc1ccccc1CC1=NCCO1. The maximum Gasteiger partial charge on any atom is 0.188 e. The summed E-state index contributed by atoms with van der Waals surface area (Å²) in [5.74, 6) is 0.450. The fraction of sp³-hybridized carbons (Fsp3) is 0.300. The van der Waals surface area contributed by atoms with E-state index in [0.717, 1.165) is 0 Å². The molecule has 2 rings (SSSR count). The van der Waals surface area contributed by atoms with Crippen molar-refractivity contribution >= 4 is 5.90 Å². The third-order valence-corrected chi connectivity index (χ3v) is 1.95. The Morgan fingerprint density at radius 2 is 2.23 bits per heavy atom. The summed E-state index contributed by atoms with van der Waals surface area (Å²) in [4.78, 5) is 4.10. The molecule has 0 saturated carbocycles. The molecule has 13 heavy (non-hydrogen) atoms. The lowest BCUT2D eigenvalue weighted by atomic mass is 10.1. The van der Waals surface area contributed by atoms with Crippen molar-refractivity contribution in [3.05, 3.63) is 35.6 Å². The molecule has 1 aliphatic heterocycles. The summed E-state index contributed by atoms with van der Waals surface area (Å²) in [5.41, 5.74) is 0.642. The number of benzene rings is 1. The molecule has 2 nitrogen and oxygen atoms in total. The number of halogens is 1. The molecule has 0 N–H and O–H groups in total. The number of hydrogen-bond donors (Lipinski definition) is 0. The quantitative estimate of drug-likeness (QED) is 0.678. The number of nitrogens with zero attached hydrogens (tertiary/aromatic N) is 1. The highest BCUT2D eigenvalue weighted by Gasteiger charge is 2.10. The van der Waals surface area contributed by atoms with Crippen molar-refractivity contribution in [2.24, 2.45) is 4.99 Å². The largest absolute Gasteiger partial charge is 0.479 e. The second-order valence-corrected chi connectivity index (χ2v) is 2.89. The molecule has 0 unspecified atom stereocenters. The van der Waals surface area contributed by atoms with Crippen LogP contribution in [0, 0.1) is 5.82 Å². The van der Waals surface area contributed by atoms with Crippen molar-refractivity contribution < 1.29 is 9.13 Å². The van der Waals surface area contributed by atoms with Gasteiger partial charge in [-0.05, 0) is 11.6 Å². The Balaban J connectivity index is 2.13. The zero-order valence-electron chi connectivity index (χ0n) is 7.16. The van der Waals surface area contributed by atoms with E-state index < -0.39 is 0 Å². The van der Waals surface area contributed by atoms with Crippen molar-refractivity contribution in [3.8, 4) is 0 Å². The third-order valence-electron chi connectivity index (χ3n) is 1.95. The number of ether oxygens (including phenoxy) is 1. The Morgan fingerprint density at radius 3 is 2.92 bits per heavy atom. The summed E-state index contributed by atoms with van der Waals surface area (Å²) >= 11 is 0. The summed E-state index contributed by atoms with van der Waals surface area (Å²) in [7, 11) is 0. The van der Waals surface area contributed by atoms with Crippen molar-refractivity contribution in [1.29, 1.82) is 0 Å². The maximum atomic E-state index is 13.1. The van der Waals surface area contributed by atoms with Crippen molar-refractivity contribution in [2.45, 2.75) is 6.42 Å². The average molecular weight is 179 g/mol. The van der Waals surface area contributed by atoms with Crippen LogP contribution in [0.3, 0.4) is 0 Å². The molecule has 1 aromatic carbocycles. The minimum atomic E-state index is -0.194. The van der Waals surface area contributed by atoms with Gasteiger partial charge in [0.15, 0.2) is 5.90 Å². The Bertz CT molecular complexity index is 335. The maximum absolute atomic E-state index is 13.1. The van der Waals surface area contributed by atoms with Gasteiger partial charge in [-0.1, -0.05) is 18.2 Å². The Morgan fingerprint density at radius 1 is 1.38 bits per heavy atom. The summed E-state index contributed by atoms with van der Waals surface area (Å²) in [6.07, 6.45) is 0.465. The molecule has 1 heterocycles. The highest BCUT2D eigenvalue weighted by molar-refractivity contribution is 5.79. The molecule has 0 amide bonds. The van der Waals surface area contributed by atoms with Gasteiger partial charge in [-0.2, -0.15) is 0 Å². The Kier molecular flexibility index (Phi) is 2.25. The van der Waals surface area contributed by atoms with E-state index in [1.807, 2.05) is 6.07 Å². The molecule has 0 bridgehead atoms. The average Bonchev–Trinajstić information content (AvgIpc) is 2.61. The molecule has 0 fully saturated rings. The Hall–Kier alpha value is -1.38. The predicted octanol–water partition coefficient (Wildman–Crippen LogP) is 1.80. The van der Waals surface area contributed by atoms with Crippen molar-refractivity contribution in [3.63, 3.8) is 0 Å². The van der Waals surface area contributed by atoms with E-state index in [0.29, 0.717) is 31.0 Å². The van der Waals surface area contributed by atoms with Crippen LogP contribution in [0.5, 0.6) is 0 Å². The van der Waals surface area contributed by atoms with Gasteiger partial charge in [0.1, 0.15) is 12.4 Å². The van der Waals surface area contributed by atoms with E-state index in [-0.39, 0.29) is 5.82 Å². The minimum absolute atomic E-state index is 0.194. The third kappa shape index (κ3) is 1.86. The molecule has 3 heteroatoms.